The Hall–Kier alpha value is -3.46. The zero-order chi connectivity index (χ0) is 24.0. The summed E-state index contributed by atoms with van der Waals surface area (Å²) in [5.41, 5.74) is 1.73. The zero-order valence-corrected chi connectivity index (χ0v) is 19.7. The van der Waals surface area contributed by atoms with E-state index >= 15 is 0 Å². The van der Waals surface area contributed by atoms with Gasteiger partial charge in [0, 0.05) is 19.0 Å². The van der Waals surface area contributed by atoms with E-state index in [-0.39, 0.29) is 11.1 Å². The molecule has 5 nitrogen and oxygen atoms in total. The fourth-order valence-electron chi connectivity index (χ4n) is 4.14. The van der Waals surface area contributed by atoms with Crippen LogP contribution in [0.4, 0.5) is 4.39 Å². The lowest BCUT2D eigenvalue weighted by molar-refractivity contribution is 0.415. The normalized spacial score (nSPS) is 11.8. The average Bonchev–Trinajstić information content (AvgIpc) is 2.84. The highest BCUT2D eigenvalue weighted by Gasteiger charge is 2.20. The van der Waals surface area contributed by atoms with Gasteiger partial charge in [-0.25, -0.2) is 9.37 Å². The van der Waals surface area contributed by atoms with Gasteiger partial charge in [-0.2, -0.15) is 5.26 Å². The molecule has 1 unspecified atom stereocenters. The third-order valence-corrected chi connectivity index (χ3v) is 6.18. The lowest BCUT2D eigenvalue weighted by Gasteiger charge is -2.18. The van der Waals surface area contributed by atoms with Gasteiger partial charge in [0.25, 0.3) is 5.56 Å². The SMILES string of the molecule is CCCC(CC)CCc1nc(-c2ccc(C#N)c(F)c2)c(-c2ccc(OC)cc2)c(=O)n1C. The van der Waals surface area contributed by atoms with Crippen LogP contribution >= 0.6 is 0 Å². The highest BCUT2D eigenvalue weighted by Crippen LogP contribution is 2.31. The Labute approximate surface area is 194 Å². The number of hydrogen-bond acceptors (Lipinski definition) is 4. The zero-order valence-electron chi connectivity index (χ0n) is 19.7. The quantitative estimate of drug-likeness (QED) is 0.410. The molecule has 0 spiro atoms. The van der Waals surface area contributed by atoms with Crippen LogP contribution in [0.15, 0.2) is 47.3 Å². The van der Waals surface area contributed by atoms with Gasteiger partial charge in [-0.05, 0) is 42.2 Å². The molecule has 1 atom stereocenters. The van der Waals surface area contributed by atoms with Crippen LogP contribution in [-0.2, 0) is 13.5 Å². The molecule has 0 aliphatic heterocycles. The van der Waals surface area contributed by atoms with Crippen molar-refractivity contribution in [3.8, 4) is 34.2 Å². The van der Waals surface area contributed by atoms with Crippen LogP contribution in [0.5, 0.6) is 5.75 Å². The third-order valence-electron chi connectivity index (χ3n) is 6.18. The summed E-state index contributed by atoms with van der Waals surface area (Å²) in [6.45, 7) is 4.36. The Morgan fingerprint density at radius 2 is 1.82 bits per heavy atom. The number of methoxy groups -OCH3 is 1. The van der Waals surface area contributed by atoms with E-state index in [2.05, 4.69) is 13.8 Å². The summed E-state index contributed by atoms with van der Waals surface area (Å²) < 4.78 is 21.3. The second-order valence-electron chi connectivity index (χ2n) is 8.25. The first kappa shape index (κ1) is 24.2. The largest absolute Gasteiger partial charge is 0.497 e. The lowest BCUT2D eigenvalue weighted by atomic mass is 9.94. The second-order valence-corrected chi connectivity index (χ2v) is 8.25. The molecule has 0 saturated heterocycles. The molecular weight excluding hydrogens is 417 g/mol. The first-order valence-corrected chi connectivity index (χ1v) is 11.4. The van der Waals surface area contributed by atoms with E-state index in [1.54, 1.807) is 49.1 Å². The minimum absolute atomic E-state index is 0.0424. The summed E-state index contributed by atoms with van der Waals surface area (Å²) >= 11 is 0. The van der Waals surface area contributed by atoms with Crippen molar-refractivity contribution in [3.63, 3.8) is 0 Å². The Morgan fingerprint density at radius 3 is 2.39 bits per heavy atom. The molecule has 0 aliphatic carbocycles. The molecule has 33 heavy (non-hydrogen) atoms. The molecule has 1 heterocycles. The first-order valence-electron chi connectivity index (χ1n) is 11.4. The predicted molar refractivity (Wildman–Crippen MR) is 129 cm³/mol. The third kappa shape index (κ3) is 5.31. The molecule has 0 aliphatic rings. The molecule has 1 aromatic heterocycles. The molecule has 172 valence electrons. The van der Waals surface area contributed by atoms with Gasteiger partial charge in [-0.1, -0.05) is 51.3 Å². The van der Waals surface area contributed by atoms with E-state index in [4.69, 9.17) is 15.0 Å². The molecule has 0 bridgehead atoms. The van der Waals surface area contributed by atoms with Crippen LogP contribution in [0.2, 0.25) is 0 Å². The highest BCUT2D eigenvalue weighted by atomic mass is 19.1. The van der Waals surface area contributed by atoms with Gasteiger partial charge >= 0.3 is 0 Å². The van der Waals surface area contributed by atoms with Crippen molar-refractivity contribution in [2.75, 3.05) is 7.11 Å². The van der Waals surface area contributed by atoms with E-state index in [1.165, 1.54) is 12.1 Å². The minimum atomic E-state index is -0.631. The van der Waals surface area contributed by atoms with E-state index in [0.29, 0.717) is 46.3 Å². The van der Waals surface area contributed by atoms with Crippen molar-refractivity contribution in [2.45, 2.75) is 46.0 Å². The number of benzene rings is 2. The average molecular weight is 448 g/mol. The van der Waals surface area contributed by atoms with E-state index in [1.807, 2.05) is 6.07 Å². The van der Waals surface area contributed by atoms with E-state index < -0.39 is 5.82 Å². The molecule has 3 aromatic rings. The Kier molecular flexibility index (Phi) is 8.00. The number of halogens is 1. The van der Waals surface area contributed by atoms with Crippen molar-refractivity contribution in [3.05, 3.63) is 70.0 Å². The number of rotatable bonds is 9. The number of aryl methyl sites for hydroxylation is 1. The standard InChI is InChI=1S/C27H30FN3O2/c1-5-7-18(6-2)8-15-24-30-26(20-9-10-21(17-29)23(28)16-20)25(27(32)31(24)3)19-11-13-22(33-4)14-12-19/h9-14,16,18H,5-8,15H2,1-4H3. The van der Waals surface area contributed by atoms with Crippen LogP contribution in [0.1, 0.15) is 50.9 Å². The summed E-state index contributed by atoms with van der Waals surface area (Å²) in [5, 5.41) is 9.10. The number of hydrogen-bond donors (Lipinski definition) is 0. The lowest BCUT2D eigenvalue weighted by Crippen LogP contribution is -2.25. The molecular formula is C27H30FN3O2. The maximum Gasteiger partial charge on any atom is 0.261 e. The maximum absolute atomic E-state index is 14.5. The number of aromatic nitrogens is 2. The molecule has 0 saturated carbocycles. The maximum atomic E-state index is 14.5. The van der Waals surface area contributed by atoms with Crippen molar-refractivity contribution in [2.24, 2.45) is 13.0 Å². The van der Waals surface area contributed by atoms with Crippen molar-refractivity contribution in [1.29, 1.82) is 5.26 Å². The van der Waals surface area contributed by atoms with Gasteiger partial charge in [0.15, 0.2) is 0 Å². The monoisotopic (exact) mass is 447 g/mol. The molecule has 0 fully saturated rings. The van der Waals surface area contributed by atoms with Crippen LogP contribution in [0.25, 0.3) is 22.4 Å². The van der Waals surface area contributed by atoms with Gasteiger partial charge in [0.2, 0.25) is 0 Å². The first-order chi connectivity index (χ1) is 15.9. The van der Waals surface area contributed by atoms with E-state index in [0.717, 1.165) is 25.7 Å². The summed E-state index contributed by atoms with van der Waals surface area (Å²) in [6.07, 6.45) is 4.95. The van der Waals surface area contributed by atoms with Gasteiger partial charge in [0.1, 0.15) is 23.5 Å². The van der Waals surface area contributed by atoms with Crippen LogP contribution in [0.3, 0.4) is 0 Å². The van der Waals surface area contributed by atoms with Crippen molar-refractivity contribution >= 4 is 0 Å². The summed E-state index contributed by atoms with van der Waals surface area (Å²) in [7, 11) is 3.32. The van der Waals surface area contributed by atoms with Crippen molar-refractivity contribution < 1.29 is 9.13 Å². The van der Waals surface area contributed by atoms with Gasteiger partial charge < -0.3 is 4.74 Å². The van der Waals surface area contributed by atoms with Crippen LogP contribution < -0.4 is 10.3 Å². The smallest absolute Gasteiger partial charge is 0.261 e. The molecule has 0 radical (unpaired) electrons. The van der Waals surface area contributed by atoms with Crippen molar-refractivity contribution in [1.82, 2.24) is 9.55 Å². The van der Waals surface area contributed by atoms with E-state index in [9.17, 15) is 9.18 Å². The highest BCUT2D eigenvalue weighted by molar-refractivity contribution is 5.80. The van der Waals surface area contributed by atoms with Crippen LogP contribution in [0, 0.1) is 23.1 Å². The van der Waals surface area contributed by atoms with Crippen LogP contribution in [-0.4, -0.2) is 16.7 Å². The topological polar surface area (TPSA) is 67.9 Å². The second kappa shape index (κ2) is 10.9. The number of nitrogens with zero attached hydrogens (tertiary/aromatic N) is 3. The van der Waals surface area contributed by atoms with Gasteiger partial charge in [-0.3, -0.25) is 9.36 Å². The fourth-order valence-corrected chi connectivity index (χ4v) is 4.14. The molecule has 0 N–H and O–H groups in total. The summed E-state index contributed by atoms with van der Waals surface area (Å²) in [5.74, 6) is 1.29. The molecule has 3 rings (SSSR count). The number of ether oxygens (including phenoxy) is 1. The Bertz CT molecular complexity index is 1210. The molecule has 0 amide bonds. The predicted octanol–water partition coefficient (Wildman–Crippen LogP) is 5.89. The Balaban J connectivity index is 2.17. The Morgan fingerprint density at radius 1 is 1.12 bits per heavy atom. The summed E-state index contributed by atoms with van der Waals surface area (Å²) in [6, 6.07) is 13.4. The molecule has 6 heteroatoms. The van der Waals surface area contributed by atoms with Gasteiger partial charge in [0.05, 0.1) is 23.9 Å². The fraction of sp³-hybridized carbons (Fsp3) is 0.370. The summed E-state index contributed by atoms with van der Waals surface area (Å²) in [4.78, 5) is 18.4. The van der Waals surface area contributed by atoms with Gasteiger partial charge in [-0.15, -0.1) is 0 Å². The molecule has 2 aromatic carbocycles. The minimum Gasteiger partial charge on any atom is -0.497 e. The number of nitriles is 1.